The van der Waals surface area contributed by atoms with Crippen LogP contribution in [0.3, 0.4) is 0 Å². The van der Waals surface area contributed by atoms with Gasteiger partial charge in [0.15, 0.2) is 0 Å². The van der Waals surface area contributed by atoms with Gasteiger partial charge in [-0.2, -0.15) is 0 Å². The first kappa shape index (κ1) is 13.6. The molecule has 2 heteroatoms. The molecule has 2 nitrogen and oxygen atoms in total. The van der Waals surface area contributed by atoms with Gasteiger partial charge in [-0.15, -0.1) is 0 Å². The highest BCUT2D eigenvalue weighted by atomic mass is 16.5. The number of piperidine rings is 1. The van der Waals surface area contributed by atoms with Gasteiger partial charge in [0.05, 0.1) is 6.61 Å². The summed E-state index contributed by atoms with van der Waals surface area (Å²) in [6, 6.07) is 8.69. The average Bonchev–Trinajstić information content (AvgIpc) is 2.40. The van der Waals surface area contributed by atoms with E-state index in [1.807, 2.05) is 0 Å². The first-order chi connectivity index (χ1) is 8.84. The quantitative estimate of drug-likeness (QED) is 0.780. The Kier molecular flexibility index (Phi) is 5.69. The lowest BCUT2D eigenvalue weighted by molar-refractivity contribution is 0.118. The van der Waals surface area contributed by atoms with Crippen molar-refractivity contribution >= 4 is 0 Å². The highest BCUT2D eigenvalue weighted by molar-refractivity contribution is 5.22. The highest BCUT2D eigenvalue weighted by Gasteiger charge is 2.11. The number of ether oxygens (including phenoxy) is 1. The summed E-state index contributed by atoms with van der Waals surface area (Å²) in [5.74, 6) is 0.831. The lowest BCUT2D eigenvalue weighted by Gasteiger charge is -2.22. The average molecular weight is 247 g/mol. The predicted octanol–water partition coefficient (Wildman–Crippen LogP) is 2.94. The fourth-order valence-corrected chi connectivity index (χ4v) is 2.58. The Balaban J connectivity index is 1.55. The van der Waals surface area contributed by atoms with E-state index in [2.05, 4.69) is 36.5 Å². The van der Waals surface area contributed by atoms with Crippen molar-refractivity contribution in [3.05, 3.63) is 35.4 Å². The Labute approximate surface area is 111 Å². The first-order valence-corrected chi connectivity index (χ1v) is 7.18. The van der Waals surface area contributed by atoms with Gasteiger partial charge in [0.2, 0.25) is 0 Å². The predicted molar refractivity (Wildman–Crippen MR) is 75.9 cm³/mol. The van der Waals surface area contributed by atoms with Crippen molar-refractivity contribution in [2.24, 2.45) is 5.92 Å². The number of benzene rings is 1. The normalized spacial score (nSPS) is 19.9. The van der Waals surface area contributed by atoms with Gasteiger partial charge in [0.1, 0.15) is 0 Å². The Morgan fingerprint density at radius 2 is 2.28 bits per heavy atom. The van der Waals surface area contributed by atoms with E-state index in [1.54, 1.807) is 0 Å². The maximum Gasteiger partial charge on any atom is 0.0506 e. The van der Waals surface area contributed by atoms with Crippen molar-refractivity contribution in [3.63, 3.8) is 0 Å². The first-order valence-electron chi connectivity index (χ1n) is 7.18. The van der Waals surface area contributed by atoms with E-state index in [-0.39, 0.29) is 0 Å². The molecule has 1 heterocycles. The topological polar surface area (TPSA) is 21.3 Å². The molecule has 1 aromatic rings. The molecular formula is C16H25NO. The monoisotopic (exact) mass is 247 g/mol. The van der Waals surface area contributed by atoms with E-state index in [0.717, 1.165) is 25.6 Å². The van der Waals surface area contributed by atoms with E-state index in [4.69, 9.17) is 4.74 Å². The Morgan fingerprint density at radius 1 is 1.33 bits per heavy atom. The third-order valence-corrected chi connectivity index (χ3v) is 3.69. The van der Waals surface area contributed by atoms with Gasteiger partial charge in [0, 0.05) is 6.61 Å². The lowest BCUT2D eigenvalue weighted by atomic mass is 9.97. The zero-order valence-corrected chi connectivity index (χ0v) is 11.5. The highest BCUT2D eigenvalue weighted by Crippen LogP contribution is 2.13. The molecule has 0 saturated carbocycles. The summed E-state index contributed by atoms with van der Waals surface area (Å²) in [5, 5.41) is 3.45. The molecule has 18 heavy (non-hydrogen) atoms. The van der Waals surface area contributed by atoms with Crippen LogP contribution in [0.1, 0.15) is 30.4 Å². The van der Waals surface area contributed by atoms with E-state index < -0.39 is 0 Å². The summed E-state index contributed by atoms with van der Waals surface area (Å²) >= 11 is 0. The van der Waals surface area contributed by atoms with Crippen LogP contribution in [0.4, 0.5) is 0 Å². The molecule has 0 amide bonds. The van der Waals surface area contributed by atoms with Crippen molar-refractivity contribution in [1.82, 2.24) is 5.32 Å². The summed E-state index contributed by atoms with van der Waals surface area (Å²) in [7, 11) is 0. The fraction of sp³-hybridized carbons (Fsp3) is 0.625. The SMILES string of the molecule is Cc1cccc(CCOCCC2CCCNC2)c1. The van der Waals surface area contributed by atoms with Crippen LogP contribution in [0, 0.1) is 12.8 Å². The van der Waals surface area contributed by atoms with E-state index >= 15 is 0 Å². The molecule has 1 N–H and O–H groups in total. The molecule has 0 aromatic heterocycles. The molecule has 1 saturated heterocycles. The Hall–Kier alpha value is -0.860. The number of rotatable bonds is 6. The number of nitrogens with one attached hydrogen (secondary N) is 1. The zero-order valence-electron chi connectivity index (χ0n) is 11.5. The van der Waals surface area contributed by atoms with Crippen LogP contribution in [0.5, 0.6) is 0 Å². The van der Waals surface area contributed by atoms with Gasteiger partial charge in [-0.25, -0.2) is 0 Å². The maximum absolute atomic E-state index is 5.75. The largest absolute Gasteiger partial charge is 0.381 e. The van der Waals surface area contributed by atoms with E-state index in [9.17, 15) is 0 Å². The molecule has 1 aliphatic heterocycles. The molecular weight excluding hydrogens is 222 g/mol. The Morgan fingerprint density at radius 3 is 3.06 bits per heavy atom. The summed E-state index contributed by atoms with van der Waals surface area (Å²) in [6.07, 6.45) is 4.94. The molecule has 1 fully saturated rings. The molecule has 0 spiro atoms. The molecule has 1 aliphatic rings. The Bertz CT molecular complexity index is 345. The number of aryl methyl sites for hydroxylation is 1. The second-order valence-electron chi connectivity index (χ2n) is 5.35. The second kappa shape index (κ2) is 7.55. The number of hydrogen-bond donors (Lipinski definition) is 1. The molecule has 2 rings (SSSR count). The standard InChI is InChI=1S/C16H25NO/c1-14-4-2-5-15(12-14)7-10-18-11-8-16-6-3-9-17-13-16/h2,4-5,12,16-17H,3,6-11,13H2,1H3. The molecule has 1 unspecified atom stereocenters. The molecule has 0 aliphatic carbocycles. The van der Waals surface area contributed by atoms with Crippen molar-refractivity contribution < 1.29 is 4.74 Å². The van der Waals surface area contributed by atoms with Crippen LogP contribution < -0.4 is 5.32 Å². The number of hydrogen-bond acceptors (Lipinski definition) is 2. The van der Waals surface area contributed by atoms with Crippen molar-refractivity contribution in [3.8, 4) is 0 Å². The summed E-state index contributed by atoms with van der Waals surface area (Å²) < 4.78 is 5.75. The van der Waals surface area contributed by atoms with Crippen LogP contribution >= 0.6 is 0 Å². The van der Waals surface area contributed by atoms with Gasteiger partial charge < -0.3 is 10.1 Å². The molecule has 1 atom stereocenters. The molecule has 1 aromatic carbocycles. The van der Waals surface area contributed by atoms with E-state index in [1.165, 1.54) is 43.5 Å². The van der Waals surface area contributed by atoms with Gasteiger partial charge in [-0.3, -0.25) is 0 Å². The summed E-state index contributed by atoms with van der Waals surface area (Å²) in [6.45, 7) is 6.29. The van der Waals surface area contributed by atoms with Crippen molar-refractivity contribution in [2.45, 2.75) is 32.6 Å². The fourth-order valence-electron chi connectivity index (χ4n) is 2.58. The lowest BCUT2D eigenvalue weighted by Crippen LogP contribution is -2.30. The van der Waals surface area contributed by atoms with Gasteiger partial charge in [-0.1, -0.05) is 29.8 Å². The minimum atomic E-state index is 0.831. The van der Waals surface area contributed by atoms with Crippen LogP contribution in [0.2, 0.25) is 0 Å². The van der Waals surface area contributed by atoms with Gasteiger partial charge in [-0.05, 0) is 57.2 Å². The summed E-state index contributed by atoms with van der Waals surface area (Å²) in [5.41, 5.74) is 2.72. The van der Waals surface area contributed by atoms with Crippen LogP contribution in [-0.2, 0) is 11.2 Å². The maximum atomic E-state index is 5.75. The van der Waals surface area contributed by atoms with Crippen LogP contribution in [0.15, 0.2) is 24.3 Å². The second-order valence-corrected chi connectivity index (χ2v) is 5.35. The van der Waals surface area contributed by atoms with Crippen LogP contribution in [0.25, 0.3) is 0 Å². The third kappa shape index (κ3) is 4.79. The van der Waals surface area contributed by atoms with Crippen LogP contribution in [-0.4, -0.2) is 26.3 Å². The smallest absolute Gasteiger partial charge is 0.0506 e. The van der Waals surface area contributed by atoms with Crippen molar-refractivity contribution in [2.75, 3.05) is 26.3 Å². The molecule has 0 bridgehead atoms. The zero-order chi connectivity index (χ0) is 12.6. The van der Waals surface area contributed by atoms with E-state index in [0.29, 0.717) is 0 Å². The molecule has 0 radical (unpaired) electrons. The van der Waals surface area contributed by atoms with Gasteiger partial charge >= 0.3 is 0 Å². The minimum Gasteiger partial charge on any atom is -0.381 e. The molecule has 100 valence electrons. The summed E-state index contributed by atoms with van der Waals surface area (Å²) in [4.78, 5) is 0. The van der Waals surface area contributed by atoms with Crippen molar-refractivity contribution in [1.29, 1.82) is 0 Å². The minimum absolute atomic E-state index is 0.831. The third-order valence-electron chi connectivity index (χ3n) is 3.69. The van der Waals surface area contributed by atoms with Gasteiger partial charge in [0.25, 0.3) is 0 Å².